The van der Waals surface area contributed by atoms with Crippen molar-refractivity contribution in [2.75, 3.05) is 13.7 Å². The molecule has 0 aliphatic carbocycles. The molecule has 1 heterocycles. The van der Waals surface area contributed by atoms with Crippen molar-refractivity contribution in [2.45, 2.75) is 6.92 Å². The van der Waals surface area contributed by atoms with Crippen LogP contribution in [0.15, 0.2) is 48.5 Å². The van der Waals surface area contributed by atoms with Gasteiger partial charge in [-0.05, 0) is 55.5 Å². The highest BCUT2D eigenvalue weighted by Crippen LogP contribution is 2.28. The molecule has 118 valence electrons. The summed E-state index contributed by atoms with van der Waals surface area (Å²) in [6.07, 6.45) is 0. The van der Waals surface area contributed by atoms with Crippen LogP contribution in [-0.2, 0) is 4.74 Å². The Morgan fingerprint density at radius 2 is 1.87 bits per heavy atom. The highest BCUT2D eigenvalue weighted by atomic mass is 19.1. The Morgan fingerprint density at radius 3 is 2.52 bits per heavy atom. The molecule has 0 aliphatic rings. The number of halogens is 1. The number of rotatable bonds is 4. The molecule has 0 amide bonds. The van der Waals surface area contributed by atoms with Gasteiger partial charge in [0.05, 0.1) is 19.2 Å². The second-order valence-electron chi connectivity index (χ2n) is 4.99. The molecular weight excluding hydrogens is 297 g/mol. The lowest BCUT2D eigenvalue weighted by atomic mass is 10.2. The van der Waals surface area contributed by atoms with Crippen LogP contribution < -0.4 is 4.74 Å². The van der Waals surface area contributed by atoms with Crippen LogP contribution in [0.4, 0.5) is 4.39 Å². The minimum Gasteiger partial charge on any atom is -0.497 e. The van der Waals surface area contributed by atoms with Gasteiger partial charge in [0.15, 0.2) is 0 Å². The van der Waals surface area contributed by atoms with Gasteiger partial charge in [0.2, 0.25) is 0 Å². The van der Waals surface area contributed by atoms with Gasteiger partial charge >= 0.3 is 5.97 Å². The van der Waals surface area contributed by atoms with E-state index in [0.717, 1.165) is 10.9 Å². The molecule has 0 spiro atoms. The minimum absolute atomic E-state index is 0.285. The van der Waals surface area contributed by atoms with Gasteiger partial charge in [0.25, 0.3) is 0 Å². The highest BCUT2D eigenvalue weighted by Gasteiger charge is 2.18. The van der Waals surface area contributed by atoms with Crippen molar-refractivity contribution in [3.63, 3.8) is 0 Å². The van der Waals surface area contributed by atoms with Crippen molar-refractivity contribution in [3.05, 3.63) is 60.0 Å². The number of carbonyl (C=O) groups is 1. The molecule has 2 aromatic carbocycles. The first-order chi connectivity index (χ1) is 11.1. The number of esters is 1. The predicted molar refractivity (Wildman–Crippen MR) is 85.7 cm³/mol. The summed E-state index contributed by atoms with van der Waals surface area (Å²) in [6.45, 7) is 2.04. The van der Waals surface area contributed by atoms with Crippen LogP contribution in [0.5, 0.6) is 5.75 Å². The van der Waals surface area contributed by atoms with Gasteiger partial charge in [-0.15, -0.1) is 0 Å². The fraction of sp³-hybridized carbons (Fsp3) is 0.167. The van der Waals surface area contributed by atoms with Crippen molar-refractivity contribution in [1.82, 2.24) is 4.57 Å². The fourth-order valence-electron chi connectivity index (χ4n) is 2.54. The van der Waals surface area contributed by atoms with E-state index < -0.39 is 5.97 Å². The number of aromatic nitrogens is 1. The van der Waals surface area contributed by atoms with Crippen molar-refractivity contribution >= 4 is 16.9 Å². The highest BCUT2D eigenvalue weighted by molar-refractivity contribution is 5.97. The monoisotopic (exact) mass is 313 g/mol. The average molecular weight is 313 g/mol. The van der Waals surface area contributed by atoms with E-state index in [9.17, 15) is 9.18 Å². The molecule has 0 aliphatic heterocycles. The number of fused-ring (bicyclic) bond motifs is 1. The standard InChI is InChI=1S/C18H16FNO3/c1-3-23-18(21)17-11-12-10-15(22-2)8-9-16(12)20(17)14-6-4-13(19)5-7-14/h4-11H,3H2,1-2H3. The van der Waals surface area contributed by atoms with Crippen LogP contribution in [0.25, 0.3) is 16.6 Å². The van der Waals surface area contributed by atoms with E-state index in [1.807, 2.05) is 18.2 Å². The summed E-state index contributed by atoms with van der Waals surface area (Å²) >= 11 is 0. The third-order valence-electron chi connectivity index (χ3n) is 3.58. The van der Waals surface area contributed by atoms with Gasteiger partial charge in [-0.2, -0.15) is 0 Å². The molecule has 0 fully saturated rings. The summed E-state index contributed by atoms with van der Waals surface area (Å²) in [6, 6.07) is 13.2. The van der Waals surface area contributed by atoms with Gasteiger partial charge < -0.3 is 14.0 Å². The van der Waals surface area contributed by atoms with E-state index in [-0.39, 0.29) is 12.4 Å². The predicted octanol–water partition coefficient (Wildman–Crippen LogP) is 3.95. The second kappa shape index (κ2) is 6.12. The summed E-state index contributed by atoms with van der Waals surface area (Å²) in [5.41, 5.74) is 1.90. The zero-order valence-electron chi connectivity index (χ0n) is 12.9. The lowest BCUT2D eigenvalue weighted by molar-refractivity contribution is 0.0517. The molecular formula is C18H16FNO3. The van der Waals surface area contributed by atoms with Crippen LogP contribution in [0.3, 0.4) is 0 Å². The molecule has 3 aromatic rings. The second-order valence-corrected chi connectivity index (χ2v) is 4.99. The quantitative estimate of drug-likeness (QED) is 0.685. The number of benzene rings is 2. The van der Waals surface area contributed by atoms with E-state index in [0.29, 0.717) is 17.1 Å². The van der Waals surface area contributed by atoms with Crippen LogP contribution in [0.1, 0.15) is 17.4 Å². The Labute approximate surface area is 133 Å². The number of hydrogen-bond acceptors (Lipinski definition) is 3. The Hall–Kier alpha value is -2.82. The Balaban J connectivity index is 2.24. The van der Waals surface area contributed by atoms with E-state index in [1.54, 1.807) is 36.8 Å². The molecule has 4 nitrogen and oxygen atoms in total. The SMILES string of the molecule is CCOC(=O)c1cc2cc(OC)ccc2n1-c1ccc(F)cc1. The van der Waals surface area contributed by atoms with Crippen molar-refractivity contribution in [1.29, 1.82) is 0 Å². The molecule has 0 atom stereocenters. The zero-order valence-corrected chi connectivity index (χ0v) is 12.9. The van der Waals surface area contributed by atoms with Gasteiger partial charge in [0.1, 0.15) is 17.3 Å². The van der Waals surface area contributed by atoms with E-state index in [2.05, 4.69) is 0 Å². The summed E-state index contributed by atoms with van der Waals surface area (Å²) in [5.74, 6) is -0.0549. The molecule has 1 aromatic heterocycles. The Morgan fingerprint density at radius 1 is 1.13 bits per heavy atom. The van der Waals surface area contributed by atoms with Crippen LogP contribution >= 0.6 is 0 Å². The van der Waals surface area contributed by atoms with Gasteiger partial charge in [-0.3, -0.25) is 0 Å². The molecule has 3 rings (SSSR count). The fourth-order valence-corrected chi connectivity index (χ4v) is 2.54. The van der Waals surface area contributed by atoms with E-state index >= 15 is 0 Å². The maximum Gasteiger partial charge on any atom is 0.355 e. The van der Waals surface area contributed by atoms with Crippen molar-refractivity contribution < 1.29 is 18.7 Å². The normalized spacial score (nSPS) is 10.7. The average Bonchev–Trinajstić information content (AvgIpc) is 2.94. The van der Waals surface area contributed by atoms with E-state index in [1.165, 1.54) is 12.1 Å². The zero-order chi connectivity index (χ0) is 16.4. The molecule has 0 unspecified atom stereocenters. The third kappa shape index (κ3) is 2.77. The minimum atomic E-state index is -0.424. The summed E-state index contributed by atoms with van der Waals surface area (Å²) < 4.78 is 25.3. The van der Waals surface area contributed by atoms with Crippen molar-refractivity contribution in [2.24, 2.45) is 0 Å². The largest absolute Gasteiger partial charge is 0.497 e. The number of nitrogens with zero attached hydrogens (tertiary/aromatic N) is 1. The topological polar surface area (TPSA) is 40.5 Å². The van der Waals surface area contributed by atoms with Crippen LogP contribution in [-0.4, -0.2) is 24.3 Å². The first-order valence-corrected chi connectivity index (χ1v) is 7.26. The maximum atomic E-state index is 13.2. The van der Waals surface area contributed by atoms with Crippen LogP contribution in [0, 0.1) is 5.82 Å². The van der Waals surface area contributed by atoms with Gasteiger partial charge in [-0.25, -0.2) is 9.18 Å². The number of carbonyl (C=O) groups excluding carboxylic acids is 1. The summed E-state index contributed by atoms with van der Waals surface area (Å²) in [4.78, 5) is 12.3. The van der Waals surface area contributed by atoms with E-state index in [4.69, 9.17) is 9.47 Å². The summed E-state index contributed by atoms with van der Waals surface area (Å²) in [5, 5.41) is 0.844. The molecule has 23 heavy (non-hydrogen) atoms. The molecule has 0 saturated heterocycles. The lowest BCUT2D eigenvalue weighted by Crippen LogP contribution is -2.10. The molecule has 0 bridgehead atoms. The van der Waals surface area contributed by atoms with Crippen molar-refractivity contribution in [3.8, 4) is 11.4 Å². The summed E-state index contributed by atoms with van der Waals surface area (Å²) in [7, 11) is 1.59. The maximum absolute atomic E-state index is 13.2. The Bertz CT molecular complexity index is 853. The molecule has 0 saturated carbocycles. The number of methoxy groups -OCH3 is 1. The molecule has 0 radical (unpaired) electrons. The number of hydrogen-bond donors (Lipinski definition) is 0. The smallest absolute Gasteiger partial charge is 0.355 e. The first-order valence-electron chi connectivity index (χ1n) is 7.26. The van der Waals surface area contributed by atoms with Gasteiger partial charge in [-0.1, -0.05) is 0 Å². The number of ether oxygens (including phenoxy) is 2. The third-order valence-corrected chi connectivity index (χ3v) is 3.58. The first kappa shape index (κ1) is 15.1. The Kier molecular flexibility index (Phi) is 4.02. The lowest BCUT2D eigenvalue weighted by Gasteiger charge is -2.10. The van der Waals surface area contributed by atoms with Gasteiger partial charge in [0, 0.05) is 11.1 Å². The van der Waals surface area contributed by atoms with Crippen LogP contribution in [0.2, 0.25) is 0 Å². The molecule has 5 heteroatoms. The molecule has 0 N–H and O–H groups in total.